The van der Waals surface area contributed by atoms with E-state index >= 15 is 0 Å². The van der Waals surface area contributed by atoms with Crippen molar-refractivity contribution in [2.75, 3.05) is 39.9 Å². The number of methoxy groups -OCH3 is 1. The highest BCUT2D eigenvalue weighted by Gasteiger charge is 2.26. The van der Waals surface area contributed by atoms with Crippen molar-refractivity contribution < 1.29 is 14.3 Å². The summed E-state index contributed by atoms with van der Waals surface area (Å²) >= 11 is 0. The van der Waals surface area contributed by atoms with Crippen molar-refractivity contribution in [2.24, 2.45) is 0 Å². The molecule has 1 aromatic heterocycles. The molecule has 2 heterocycles. The molecule has 1 aliphatic rings. The van der Waals surface area contributed by atoms with Gasteiger partial charge in [-0.1, -0.05) is 6.07 Å². The van der Waals surface area contributed by atoms with Crippen molar-refractivity contribution in [2.45, 2.75) is 13.3 Å². The molecule has 0 aliphatic carbocycles. The van der Waals surface area contributed by atoms with Gasteiger partial charge in [-0.3, -0.25) is 14.6 Å². The van der Waals surface area contributed by atoms with Crippen LogP contribution < -0.4 is 0 Å². The number of piperazine rings is 1. The van der Waals surface area contributed by atoms with Gasteiger partial charge in [0, 0.05) is 38.6 Å². The molecule has 1 fully saturated rings. The van der Waals surface area contributed by atoms with Crippen LogP contribution in [0.1, 0.15) is 11.3 Å². The largest absolute Gasteiger partial charge is 0.383 e. The SMILES string of the molecule is COCCN1CCN(C(=O)Cc2ccc(C)nc2)CC1=O. The molecule has 0 N–H and O–H groups in total. The van der Waals surface area contributed by atoms with Crippen molar-refractivity contribution >= 4 is 11.8 Å². The third-order valence-corrected chi connectivity index (χ3v) is 3.56. The Kier molecular flexibility index (Phi) is 5.27. The van der Waals surface area contributed by atoms with Gasteiger partial charge in [0.1, 0.15) is 0 Å². The van der Waals surface area contributed by atoms with E-state index in [1.807, 2.05) is 19.1 Å². The maximum absolute atomic E-state index is 12.2. The predicted molar refractivity (Wildman–Crippen MR) is 77.7 cm³/mol. The molecule has 2 rings (SSSR count). The maximum atomic E-state index is 12.2. The van der Waals surface area contributed by atoms with E-state index in [1.54, 1.807) is 23.1 Å². The van der Waals surface area contributed by atoms with Crippen LogP contribution in [-0.4, -0.2) is 66.5 Å². The van der Waals surface area contributed by atoms with E-state index in [0.717, 1.165) is 11.3 Å². The maximum Gasteiger partial charge on any atom is 0.242 e. The number of amides is 2. The van der Waals surface area contributed by atoms with E-state index in [4.69, 9.17) is 4.74 Å². The summed E-state index contributed by atoms with van der Waals surface area (Å²) in [6, 6.07) is 3.79. The van der Waals surface area contributed by atoms with Crippen LogP contribution in [0.2, 0.25) is 0 Å². The lowest BCUT2D eigenvalue weighted by atomic mass is 10.1. The molecule has 21 heavy (non-hydrogen) atoms. The van der Waals surface area contributed by atoms with Gasteiger partial charge in [0.15, 0.2) is 0 Å². The fourth-order valence-corrected chi connectivity index (χ4v) is 2.25. The van der Waals surface area contributed by atoms with Crippen LogP contribution in [0.25, 0.3) is 0 Å². The Morgan fingerprint density at radius 2 is 2.19 bits per heavy atom. The first-order valence-electron chi connectivity index (χ1n) is 7.06. The average molecular weight is 291 g/mol. The second-order valence-corrected chi connectivity index (χ2v) is 5.17. The smallest absolute Gasteiger partial charge is 0.242 e. The van der Waals surface area contributed by atoms with Crippen LogP contribution in [0, 0.1) is 6.92 Å². The van der Waals surface area contributed by atoms with Crippen molar-refractivity contribution in [3.8, 4) is 0 Å². The molecule has 0 aromatic carbocycles. The lowest BCUT2D eigenvalue weighted by Crippen LogP contribution is -2.53. The number of nitrogens with zero attached hydrogens (tertiary/aromatic N) is 3. The van der Waals surface area contributed by atoms with Gasteiger partial charge in [-0.2, -0.15) is 0 Å². The molecular weight excluding hydrogens is 270 g/mol. The Morgan fingerprint density at radius 1 is 1.38 bits per heavy atom. The van der Waals surface area contributed by atoms with E-state index in [-0.39, 0.29) is 18.4 Å². The van der Waals surface area contributed by atoms with E-state index in [0.29, 0.717) is 32.7 Å². The van der Waals surface area contributed by atoms with Crippen molar-refractivity contribution in [3.05, 3.63) is 29.6 Å². The zero-order chi connectivity index (χ0) is 15.2. The topological polar surface area (TPSA) is 62.7 Å². The minimum Gasteiger partial charge on any atom is -0.383 e. The Morgan fingerprint density at radius 3 is 2.81 bits per heavy atom. The quantitative estimate of drug-likeness (QED) is 0.780. The minimum atomic E-state index is -0.0274. The highest BCUT2D eigenvalue weighted by Crippen LogP contribution is 2.08. The molecule has 1 saturated heterocycles. The Bertz CT molecular complexity index is 501. The van der Waals surface area contributed by atoms with E-state index in [9.17, 15) is 9.59 Å². The second kappa shape index (κ2) is 7.17. The first-order chi connectivity index (χ1) is 10.1. The van der Waals surface area contributed by atoms with Gasteiger partial charge in [0.25, 0.3) is 0 Å². The first kappa shape index (κ1) is 15.4. The third kappa shape index (κ3) is 4.26. The summed E-state index contributed by atoms with van der Waals surface area (Å²) < 4.78 is 4.97. The van der Waals surface area contributed by atoms with Crippen LogP contribution >= 0.6 is 0 Å². The fourth-order valence-electron chi connectivity index (χ4n) is 2.25. The van der Waals surface area contributed by atoms with E-state index in [2.05, 4.69) is 4.98 Å². The lowest BCUT2D eigenvalue weighted by Gasteiger charge is -2.34. The minimum absolute atomic E-state index is 0.0197. The first-order valence-corrected chi connectivity index (χ1v) is 7.06. The van der Waals surface area contributed by atoms with Gasteiger partial charge in [0.05, 0.1) is 19.6 Å². The number of ether oxygens (including phenoxy) is 1. The standard InChI is InChI=1S/C15H21N3O3/c1-12-3-4-13(10-16-12)9-14(19)18-6-5-17(7-8-21-2)15(20)11-18/h3-4,10H,5-9,11H2,1-2H3. The molecule has 0 unspecified atom stereocenters. The zero-order valence-corrected chi connectivity index (χ0v) is 12.5. The number of hydrogen-bond donors (Lipinski definition) is 0. The molecular formula is C15H21N3O3. The number of carbonyl (C=O) groups excluding carboxylic acids is 2. The Labute approximate surface area is 124 Å². The number of pyridine rings is 1. The molecule has 0 saturated carbocycles. The monoisotopic (exact) mass is 291 g/mol. The molecule has 0 spiro atoms. The van der Waals surface area contributed by atoms with Crippen molar-refractivity contribution in [1.82, 2.24) is 14.8 Å². The summed E-state index contributed by atoms with van der Waals surface area (Å²) in [5, 5.41) is 0. The van der Waals surface area contributed by atoms with Gasteiger partial charge in [-0.05, 0) is 18.6 Å². The fraction of sp³-hybridized carbons (Fsp3) is 0.533. The number of aryl methyl sites for hydroxylation is 1. The molecule has 1 aromatic rings. The highest BCUT2D eigenvalue weighted by atomic mass is 16.5. The highest BCUT2D eigenvalue weighted by molar-refractivity contribution is 5.86. The molecule has 2 amide bonds. The summed E-state index contributed by atoms with van der Waals surface area (Å²) in [5.41, 5.74) is 1.80. The molecule has 1 aliphatic heterocycles. The van der Waals surface area contributed by atoms with Crippen LogP contribution in [0.4, 0.5) is 0 Å². The summed E-state index contributed by atoms with van der Waals surface area (Å²) in [6.07, 6.45) is 2.00. The lowest BCUT2D eigenvalue weighted by molar-refractivity contribution is -0.145. The number of aromatic nitrogens is 1. The summed E-state index contributed by atoms with van der Waals surface area (Å²) in [5.74, 6) is -0.0472. The second-order valence-electron chi connectivity index (χ2n) is 5.17. The van der Waals surface area contributed by atoms with Crippen LogP contribution in [-0.2, 0) is 20.7 Å². The molecule has 6 nitrogen and oxygen atoms in total. The summed E-state index contributed by atoms with van der Waals surface area (Å²) in [7, 11) is 1.61. The van der Waals surface area contributed by atoms with Crippen molar-refractivity contribution in [1.29, 1.82) is 0 Å². The predicted octanol–water partition coefficient (Wildman–Crippen LogP) is 0.250. The summed E-state index contributed by atoms with van der Waals surface area (Å²) in [4.78, 5) is 31.7. The average Bonchev–Trinajstić information content (AvgIpc) is 2.48. The molecule has 0 atom stereocenters. The van der Waals surface area contributed by atoms with E-state index < -0.39 is 0 Å². The van der Waals surface area contributed by atoms with Gasteiger partial charge >= 0.3 is 0 Å². The van der Waals surface area contributed by atoms with Crippen LogP contribution in [0.15, 0.2) is 18.3 Å². The van der Waals surface area contributed by atoms with Gasteiger partial charge in [-0.25, -0.2) is 0 Å². The Balaban J connectivity index is 1.87. The number of carbonyl (C=O) groups is 2. The molecule has 114 valence electrons. The molecule has 0 radical (unpaired) electrons. The molecule has 6 heteroatoms. The normalized spacial score (nSPS) is 15.4. The Hall–Kier alpha value is -1.95. The van der Waals surface area contributed by atoms with Gasteiger partial charge in [-0.15, -0.1) is 0 Å². The summed E-state index contributed by atoms with van der Waals surface area (Å²) in [6.45, 7) is 4.31. The van der Waals surface area contributed by atoms with Crippen LogP contribution in [0.3, 0.4) is 0 Å². The van der Waals surface area contributed by atoms with Crippen LogP contribution in [0.5, 0.6) is 0 Å². The van der Waals surface area contributed by atoms with E-state index in [1.165, 1.54) is 0 Å². The number of rotatable bonds is 5. The third-order valence-electron chi connectivity index (χ3n) is 3.56. The van der Waals surface area contributed by atoms with Crippen molar-refractivity contribution in [3.63, 3.8) is 0 Å². The van der Waals surface area contributed by atoms with Gasteiger partial charge in [0.2, 0.25) is 11.8 Å². The van der Waals surface area contributed by atoms with Gasteiger partial charge < -0.3 is 14.5 Å². The number of hydrogen-bond acceptors (Lipinski definition) is 4. The zero-order valence-electron chi connectivity index (χ0n) is 12.5. The molecule has 0 bridgehead atoms.